The van der Waals surface area contributed by atoms with E-state index in [1.54, 1.807) is 18.2 Å². The number of para-hydroxylation sites is 1. The third-order valence-corrected chi connectivity index (χ3v) is 6.48. The number of aryl methyl sites for hydroxylation is 1. The fraction of sp³-hybridized carbons (Fsp3) is 0.105. The minimum atomic E-state index is -3.97. The van der Waals surface area contributed by atoms with E-state index in [1.807, 2.05) is 12.3 Å². The van der Waals surface area contributed by atoms with Gasteiger partial charge in [0.05, 0.1) is 22.0 Å². The highest BCUT2D eigenvalue weighted by atomic mass is 35.5. The van der Waals surface area contributed by atoms with Crippen LogP contribution in [0.1, 0.15) is 21.1 Å². The van der Waals surface area contributed by atoms with E-state index in [0.29, 0.717) is 5.01 Å². The van der Waals surface area contributed by atoms with Crippen LogP contribution in [-0.2, 0) is 21.2 Å². The first-order chi connectivity index (χ1) is 14.2. The Kier molecular flexibility index (Phi) is 6.70. The summed E-state index contributed by atoms with van der Waals surface area (Å²) in [6.45, 7) is 1.82. The highest BCUT2D eigenvalue weighted by molar-refractivity contribution is 7.92. The molecule has 3 aromatic rings. The smallest absolute Gasteiger partial charge is 0.269 e. The van der Waals surface area contributed by atoms with Gasteiger partial charge in [0, 0.05) is 16.6 Å². The minimum absolute atomic E-state index is 0.0228. The van der Waals surface area contributed by atoms with Crippen molar-refractivity contribution in [2.75, 3.05) is 4.72 Å². The van der Waals surface area contributed by atoms with Gasteiger partial charge < -0.3 is 0 Å². The average Bonchev–Trinajstić information content (AvgIpc) is 3.12. The summed E-state index contributed by atoms with van der Waals surface area (Å²) in [6, 6.07) is 11.8. The second-order valence-electron chi connectivity index (χ2n) is 6.17. The lowest BCUT2D eigenvalue weighted by Gasteiger charge is -2.11. The Bertz CT molecular complexity index is 1190. The van der Waals surface area contributed by atoms with Crippen molar-refractivity contribution in [1.29, 1.82) is 0 Å². The molecule has 2 aromatic carbocycles. The highest BCUT2D eigenvalue weighted by Gasteiger charge is 2.18. The van der Waals surface area contributed by atoms with Gasteiger partial charge >= 0.3 is 0 Å². The number of amides is 2. The zero-order chi connectivity index (χ0) is 21.7. The summed E-state index contributed by atoms with van der Waals surface area (Å²) in [6.07, 6.45) is 0.0228. The van der Waals surface area contributed by atoms with Gasteiger partial charge in [-0.1, -0.05) is 29.8 Å². The van der Waals surface area contributed by atoms with Gasteiger partial charge in [0.25, 0.3) is 15.9 Å². The quantitative estimate of drug-likeness (QED) is 0.485. The largest absolute Gasteiger partial charge is 0.278 e. The molecule has 0 aliphatic carbocycles. The number of hydrogen-bond donors (Lipinski definition) is 3. The maximum absolute atomic E-state index is 12.6. The van der Waals surface area contributed by atoms with E-state index in [1.165, 1.54) is 41.7 Å². The molecule has 0 aliphatic heterocycles. The van der Waals surface area contributed by atoms with Crippen LogP contribution in [0.25, 0.3) is 0 Å². The van der Waals surface area contributed by atoms with Gasteiger partial charge in [0.1, 0.15) is 5.01 Å². The van der Waals surface area contributed by atoms with Crippen LogP contribution < -0.4 is 15.6 Å². The third kappa shape index (κ3) is 5.56. The number of anilines is 1. The number of rotatable bonds is 6. The van der Waals surface area contributed by atoms with Crippen LogP contribution in [0.5, 0.6) is 0 Å². The maximum Gasteiger partial charge on any atom is 0.269 e. The Morgan fingerprint density at radius 2 is 1.87 bits per heavy atom. The highest BCUT2D eigenvalue weighted by Crippen LogP contribution is 2.24. The molecule has 0 fully saturated rings. The molecular weight excluding hydrogens is 448 g/mol. The fourth-order valence-corrected chi connectivity index (χ4v) is 4.55. The van der Waals surface area contributed by atoms with Crippen molar-refractivity contribution in [2.24, 2.45) is 0 Å². The standard InChI is InChI=1S/C19H17ClN4O4S2/c1-12-11-29-18(21-12)10-17(25)22-23-19(26)13-5-4-6-14(9-13)30(27,28)24-16-8-3-2-7-15(16)20/h2-9,11,24H,10H2,1H3,(H,22,25)(H,23,26). The van der Waals surface area contributed by atoms with Crippen molar-refractivity contribution in [3.8, 4) is 0 Å². The number of aromatic nitrogens is 1. The van der Waals surface area contributed by atoms with Gasteiger partial charge in [-0.15, -0.1) is 11.3 Å². The Morgan fingerprint density at radius 3 is 2.57 bits per heavy atom. The number of sulfonamides is 1. The molecule has 156 valence electrons. The molecule has 0 aliphatic rings. The zero-order valence-electron chi connectivity index (χ0n) is 15.7. The molecule has 30 heavy (non-hydrogen) atoms. The van der Waals surface area contributed by atoms with Gasteiger partial charge in [-0.25, -0.2) is 13.4 Å². The Labute approximate surface area is 182 Å². The summed E-state index contributed by atoms with van der Waals surface area (Å²) in [4.78, 5) is 28.3. The molecule has 0 atom stereocenters. The van der Waals surface area contributed by atoms with E-state index in [0.717, 1.165) is 5.69 Å². The van der Waals surface area contributed by atoms with Crippen LogP contribution in [0.15, 0.2) is 58.8 Å². The van der Waals surface area contributed by atoms with Gasteiger partial charge in [-0.3, -0.25) is 25.2 Å². The molecule has 11 heteroatoms. The average molecular weight is 465 g/mol. The van der Waals surface area contributed by atoms with Crippen molar-refractivity contribution in [3.63, 3.8) is 0 Å². The molecule has 3 rings (SSSR count). The summed E-state index contributed by atoms with van der Waals surface area (Å²) >= 11 is 7.34. The van der Waals surface area contributed by atoms with Crippen molar-refractivity contribution < 1.29 is 18.0 Å². The number of nitrogens with zero attached hydrogens (tertiary/aromatic N) is 1. The van der Waals surface area contributed by atoms with Crippen LogP contribution in [0.3, 0.4) is 0 Å². The molecule has 0 saturated heterocycles. The van der Waals surface area contributed by atoms with Crippen molar-refractivity contribution in [1.82, 2.24) is 15.8 Å². The van der Waals surface area contributed by atoms with Crippen LogP contribution in [0.4, 0.5) is 5.69 Å². The summed E-state index contributed by atoms with van der Waals surface area (Å²) in [5.74, 6) is -1.10. The molecule has 0 unspecified atom stereocenters. The second kappa shape index (κ2) is 9.24. The lowest BCUT2D eigenvalue weighted by molar-refractivity contribution is -0.121. The first-order valence-electron chi connectivity index (χ1n) is 8.62. The number of benzene rings is 2. The van der Waals surface area contributed by atoms with E-state index < -0.39 is 21.8 Å². The second-order valence-corrected chi connectivity index (χ2v) is 9.21. The Hall–Kier alpha value is -2.95. The van der Waals surface area contributed by atoms with Crippen LogP contribution >= 0.6 is 22.9 Å². The number of nitrogens with one attached hydrogen (secondary N) is 3. The molecule has 0 radical (unpaired) electrons. The topological polar surface area (TPSA) is 117 Å². The zero-order valence-corrected chi connectivity index (χ0v) is 18.1. The minimum Gasteiger partial charge on any atom is -0.278 e. The van der Waals surface area contributed by atoms with E-state index in [9.17, 15) is 18.0 Å². The fourth-order valence-electron chi connectivity index (χ4n) is 2.42. The maximum atomic E-state index is 12.6. The first kappa shape index (κ1) is 21.8. The lowest BCUT2D eigenvalue weighted by Crippen LogP contribution is -2.42. The number of hydrazine groups is 1. The lowest BCUT2D eigenvalue weighted by atomic mass is 10.2. The predicted octanol–water partition coefficient (Wildman–Crippen LogP) is 2.91. The number of carbonyl (C=O) groups excluding carboxylic acids is 2. The van der Waals surface area contributed by atoms with Gasteiger partial charge in [-0.05, 0) is 37.3 Å². The number of thiazole rings is 1. The van der Waals surface area contributed by atoms with E-state index in [2.05, 4.69) is 20.6 Å². The number of hydrogen-bond acceptors (Lipinski definition) is 6. The molecule has 1 heterocycles. The van der Waals surface area contributed by atoms with Crippen LogP contribution in [0.2, 0.25) is 5.02 Å². The van der Waals surface area contributed by atoms with Crippen molar-refractivity contribution in [2.45, 2.75) is 18.2 Å². The monoisotopic (exact) mass is 464 g/mol. The molecule has 0 saturated carbocycles. The summed E-state index contributed by atoms with van der Waals surface area (Å²) in [5, 5.41) is 2.69. The molecule has 8 nitrogen and oxygen atoms in total. The Morgan fingerprint density at radius 1 is 1.10 bits per heavy atom. The number of carbonyl (C=O) groups is 2. The summed E-state index contributed by atoms with van der Waals surface area (Å²) in [7, 11) is -3.97. The predicted molar refractivity (Wildman–Crippen MR) is 115 cm³/mol. The van der Waals surface area contributed by atoms with E-state index >= 15 is 0 Å². The van der Waals surface area contributed by atoms with Gasteiger partial charge in [-0.2, -0.15) is 0 Å². The molecule has 0 bridgehead atoms. The Balaban J connectivity index is 1.66. The number of halogens is 1. The normalized spacial score (nSPS) is 11.0. The van der Waals surface area contributed by atoms with Gasteiger partial charge in [0.15, 0.2) is 0 Å². The van der Waals surface area contributed by atoms with Crippen LogP contribution in [0, 0.1) is 6.92 Å². The van der Waals surface area contributed by atoms with Crippen molar-refractivity contribution in [3.05, 3.63) is 75.2 Å². The van der Waals surface area contributed by atoms with Gasteiger partial charge in [0.2, 0.25) is 5.91 Å². The summed E-state index contributed by atoms with van der Waals surface area (Å²) in [5.41, 5.74) is 5.65. The first-order valence-corrected chi connectivity index (χ1v) is 11.4. The van der Waals surface area contributed by atoms with Crippen LogP contribution in [-0.4, -0.2) is 25.2 Å². The molecule has 0 spiro atoms. The van der Waals surface area contributed by atoms with E-state index in [4.69, 9.17) is 11.6 Å². The van der Waals surface area contributed by atoms with E-state index in [-0.39, 0.29) is 27.6 Å². The SMILES string of the molecule is Cc1csc(CC(=O)NNC(=O)c2cccc(S(=O)(=O)Nc3ccccc3Cl)c2)n1. The summed E-state index contributed by atoms with van der Waals surface area (Å²) < 4.78 is 27.6. The third-order valence-electron chi connectivity index (χ3n) is 3.82. The van der Waals surface area contributed by atoms with Crippen molar-refractivity contribution >= 4 is 50.5 Å². The molecule has 3 N–H and O–H groups in total. The molecular formula is C19H17ClN4O4S2. The molecule has 1 aromatic heterocycles. The molecule has 2 amide bonds.